The minimum absolute atomic E-state index is 0.109. The number of nitrogens with two attached hydrogens (primary N) is 1. The highest BCUT2D eigenvalue weighted by Crippen LogP contribution is 2.42. The standard InChI is InChI=1S/C22H21F3N4O3S/c1-12-8-14(22(23,24)25)17-18(26)19(33-20(17)27-12)21(30)29-6-4-28(5-7-29)10-13-2-3-15-16(9-13)32-11-31-15/h2-3,8-9H,4-7,10-11,26H2,1H3. The molecule has 11 heteroatoms. The van der Waals surface area contributed by atoms with Gasteiger partial charge in [-0.05, 0) is 30.7 Å². The second kappa shape index (κ2) is 8.07. The van der Waals surface area contributed by atoms with Gasteiger partial charge in [0.15, 0.2) is 11.5 Å². The van der Waals surface area contributed by atoms with E-state index >= 15 is 0 Å². The smallest absolute Gasteiger partial charge is 0.417 e. The number of rotatable bonds is 3. The van der Waals surface area contributed by atoms with Gasteiger partial charge in [0.05, 0.1) is 11.3 Å². The van der Waals surface area contributed by atoms with Crippen LogP contribution in [-0.2, 0) is 12.7 Å². The molecule has 3 aromatic rings. The highest BCUT2D eigenvalue weighted by Gasteiger charge is 2.36. The van der Waals surface area contributed by atoms with E-state index in [9.17, 15) is 18.0 Å². The minimum atomic E-state index is -4.58. The number of nitrogen functional groups attached to an aromatic ring is 1. The average molecular weight is 478 g/mol. The third-order valence-corrected chi connectivity index (χ3v) is 6.92. The van der Waals surface area contributed by atoms with Crippen molar-refractivity contribution in [3.05, 3.63) is 46.0 Å². The minimum Gasteiger partial charge on any atom is -0.454 e. The molecule has 0 atom stereocenters. The van der Waals surface area contributed by atoms with Crippen molar-refractivity contribution < 1.29 is 27.4 Å². The van der Waals surface area contributed by atoms with Crippen LogP contribution in [-0.4, -0.2) is 53.7 Å². The van der Waals surface area contributed by atoms with E-state index in [0.717, 1.165) is 34.5 Å². The fraction of sp³-hybridized carbons (Fsp3) is 0.364. The third-order valence-electron chi connectivity index (χ3n) is 5.83. The number of aromatic nitrogens is 1. The number of ether oxygens (including phenoxy) is 2. The lowest BCUT2D eigenvalue weighted by Gasteiger charge is -2.34. The van der Waals surface area contributed by atoms with Gasteiger partial charge in [-0.3, -0.25) is 9.69 Å². The van der Waals surface area contributed by atoms with Gasteiger partial charge in [0.1, 0.15) is 9.71 Å². The first-order valence-corrected chi connectivity index (χ1v) is 11.2. The molecule has 33 heavy (non-hydrogen) atoms. The van der Waals surface area contributed by atoms with Crippen LogP contribution in [0.3, 0.4) is 0 Å². The number of amides is 1. The van der Waals surface area contributed by atoms with Crippen LogP contribution >= 0.6 is 11.3 Å². The lowest BCUT2D eigenvalue weighted by Crippen LogP contribution is -2.48. The SMILES string of the molecule is Cc1cc(C(F)(F)F)c2c(N)c(C(=O)N3CCN(Cc4ccc5c(c4)OCO5)CC3)sc2n1. The van der Waals surface area contributed by atoms with Crippen molar-refractivity contribution in [2.45, 2.75) is 19.6 Å². The van der Waals surface area contributed by atoms with Gasteiger partial charge in [-0.2, -0.15) is 13.2 Å². The van der Waals surface area contributed by atoms with Gasteiger partial charge < -0.3 is 20.1 Å². The Bertz CT molecular complexity index is 1240. The predicted octanol–water partition coefficient (Wildman–Crippen LogP) is 3.89. The lowest BCUT2D eigenvalue weighted by atomic mass is 10.1. The molecule has 4 heterocycles. The lowest BCUT2D eigenvalue weighted by molar-refractivity contribution is -0.136. The molecule has 0 radical (unpaired) electrons. The Morgan fingerprint density at radius 1 is 1.15 bits per heavy atom. The van der Waals surface area contributed by atoms with Crippen molar-refractivity contribution >= 4 is 33.1 Å². The Balaban J connectivity index is 1.30. The molecule has 0 unspecified atom stereocenters. The highest BCUT2D eigenvalue weighted by molar-refractivity contribution is 7.21. The number of nitrogens with zero attached hydrogens (tertiary/aromatic N) is 3. The molecule has 2 aliphatic rings. The number of pyridine rings is 1. The first kappa shape index (κ1) is 21.8. The normalized spacial score (nSPS) is 16.5. The Morgan fingerprint density at radius 2 is 1.88 bits per heavy atom. The van der Waals surface area contributed by atoms with Crippen LogP contribution in [0, 0.1) is 6.92 Å². The molecule has 2 aliphatic heterocycles. The number of anilines is 1. The van der Waals surface area contributed by atoms with Gasteiger partial charge >= 0.3 is 6.18 Å². The zero-order valence-corrected chi connectivity index (χ0v) is 18.6. The van der Waals surface area contributed by atoms with Gasteiger partial charge in [-0.25, -0.2) is 4.98 Å². The van der Waals surface area contributed by atoms with Crippen LogP contribution in [0.2, 0.25) is 0 Å². The fourth-order valence-corrected chi connectivity index (χ4v) is 5.31. The molecule has 1 fully saturated rings. The van der Waals surface area contributed by atoms with Gasteiger partial charge in [-0.1, -0.05) is 6.07 Å². The number of carbonyl (C=O) groups excluding carboxylic acids is 1. The number of carbonyl (C=O) groups is 1. The van der Waals surface area contributed by atoms with Crippen molar-refractivity contribution in [3.63, 3.8) is 0 Å². The maximum absolute atomic E-state index is 13.5. The molecular formula is C22H21F3N4O3S. The van der Waals surface area contributed by atoms with E-state index in [1.54, 1.807) is 4.90 Å². The van der Waals surface area contributed by atoms with E-state index in [4.69, 9.17) is 15.2 Å². The summed E-state index contributed by atoms with van der Waals surface area (Å²) in [6.45, 7) is 4.59. The van der Waals surface area contributed by atoms with E-state index in [-0.39, 0.29) is 39.2 Å². The first-order chi connectivity index (χ1) is 15.7. The topological polar surface area (TPSA) is 80.9 Å². The van der Waals surface area contributed by atoms with Crippen molar-refractivity contribution in [1.82, 2.24) is 14.8 Å². The monoisotopic (exact) mass is 478 g/mol. The molecule has 2 aromatic heterocycles. The summed E-state index contributed by atoms with van der Waals surface area (Å²) in [6.07, 6.45) is -4.58. The molecule has 1 aromatic carbocycles. The molecule has 0 saturated carbocycles. The summed E-state index contributed by atoms with van der Waals surface area (Å²) >= 11 is 0.918. The second-order valence-corrected chi connectivity index (χ2v) is 9.09. The van der Waals surface area contributed by atoms with Crippen molar-refractivity contribution in [3.8, 4) is 11.5 Å². The first-order valence-electron chi connectivity index (χ1n) is 10.4. The maximum atomic E-state index is 13.5. The summed E-state index contributed by atoms with van der Waals surface area (Å²) in [6, 6.07) is 6.78. The number of benzene rings is 1. The molecule has 1 amide bonds. The largest absolute Gasteiger partial charge is 0.454 e. The summed E-state index contributed by atoms with van der Waals surface area (Å²) in [7, 11) is 0. The van der Waals surface area contributed by atoms with Crippen LogP contribution in [0.25, 0.3) is 10.2 Å². The summed E-state index contributed by atoms with van der Waals surface area (Å²) in [5, 5.41) is -0.192. The average Bonchev–Trinajstić information content (AvgIpc) is 3.36. The van der Waals surface area contributed by atoms with Crippen molar-refractivity contribution in [2.24, 2.45) is 0 Å². The zero-order valence-electron chi connectivity index (χ0n) is 17.7. The van der Waals surface area contributed by atoms with Crippen molar-refractivity contribution in [2.75, 3.05) is 38.7 Å². The molecule has 174 valence electrons. The predicted molar refractivity (Wildman–Crippen MR) is 118 cm³/mol. The van der Waals surface area contributed by atoms with Crippen LogP contribution in [0.1, 0.15) is 26.5 Å². The van der Waals surface area contributed by atoms with Crippen molar-refractivity contribution in [1.29, 1.82) is 0 Å². The summed E-state index contributed by atoms with van der Waals surface area (Å²) in [5.74, 6) is 1.10. The van der Waals surface area contributed by atoms with Crippen LogP contribution in [0.5, 0.6) is 11.5 Å². The highest BCUT2D eigenvalue weighted by atomic mass is 32.1. The van der Waals surface area contributed by atoms with Gasteiger partial charge in [0.2, 0.25) is 6.79 Å². The number of piperazine rings is 1. The van der Waals surface area contributed by atoms with Gasteiger partial charge in [0.25, 0.3) is 5.91 Å². The zero-order chi connectivity index (χ0) is 23.3. The van der Waals surface area contributed by atoms with Crippen LogP contribution in [0.15, 0.2) is 24.3 Å². The van der Waals surface area contributed by atoms with Gasteiger partial charge in [0, 0.05) is 43.8 Å². The second-order valence-electron chi connectivity index (χ2n) is 8.09. The fourth-order valence-electron chi connectivity index (χ4n) is 4.18. The van der Waals surface area contributed by atoms with E-state index in [2.05, 4.69) is 9.88 Å². The van der Waals surface area contributed by atoms with E-state index < -0.39 is 11.7 Å². The number of alkyl halides is 3. The summed E-state index contributed by atoms with van der Waals surface area (Å²) in [4.78, 5) is 21.4. The van der Waals surface area contributed by atoms with E-state index in [1.165, 1.54) is 6.92 Å². The number of hydrogen-bond donors (Lipinski definition) is 1. The molecule has 0 spiro atoms. The molecule has 2 N–H and O–H groups in total. The number of hydrogen-bond acceptors (Lipinski definition) is 7. The van der Waals surface area contributed by atoms with E-state index in [1.807, 2.05) is 18.2 Å². The van der Waals surface area contributed by atoms with Crippen LogP contribution in [0.4, 0.5) is 18.9 Å². The Labute approximate surface area is 191 Å². The quantitative estimate of drug-likeness (QED) is 0.615. The third kappa shape index (κ3) is 4.06. The van der Waals surface area contributed by atoms with E-state index in [0.29, 0.717) is 32.7 Å². The summed E-state index contributed by atoms with van der Waals surface area (Å²) in [5.41, 5.74) is 6.36. The Hall–Kier alpha value is -3.05. The molecule has 5 rings (SSSR count). The summed E-state index contributed by atoms with van der Waals surface area (Å²) < 4.78 is 51.4. The molecule has 0 bridgehead atoms. The number of halogens is 3. The molecule has 0 aliphatic carbocycles. The maximum Gasteiger partial charge on any atom is 0.417 e. The Kier molecular flexibility index (Phi) is 5.32. The molecule has 7 nitrogen and oxygen atoms in total. The van der Waals surface area contributed by atoms with Crippen LogP contribution < -0.4 is 15.2 Å². The molecular weight excluding hydrogens is 457 g/mol. The molecule has 1 saturated heterocycles. The number of fused-ring (bicyclic) bond motifs is 2. The number of aryl methyl sites for hydroxylation is 1. The Morgan fingerprint density at radius 3 is 2.61 bits per heavy atom. The number of thiophene rings is 1. The van der Waals surface area contributed by atoms with Gasteiger partial charge in [-0.15, -0.1) is 11.3 Å².